The fourth-order valence-electron chi connectivity index (χ4n) is 1.75. The molecule has 0 bridgehead atoms. The first-order valence-corrected chi connectivity index (χ1v) is 5.30. The molecular formula is C12H15FN4. The normalized spacial score (nSPS) is 10.5. The summed E-state index contributed by atoms with van der Waals surface area (Å²) >= 11 is 0. The minimum atomic E-state index is -0.309. The molecule has 2 N–H and O–H groups in total. The Morgan fingerprint density at radius 1 is 1.47 bits per heavy atom. The second kappa shape index (κ2) is 4.45. The molecule has 0 saturated carbocycles. The van der Waals surface area contributed by atoms with Crippen molar-refractivity contribution in [3.8, 4) is 0 Å². The number of rotatable bonds is 3. The third kappa shape index (κ3) is 2.55. The van der Waals surface area contributed by atoms with Crippen molar-refractivity contribution in [1.29, 1.82) is 0 Å². The molecule has 1 aromatic heterocycles. The average molecular weight is 234 g/mol. The highest BCUT2D eigenvalue weighted by Gasteiger charge is 2.09. The molecule has 0 radical (unpaired) electrons. The molecule has 0 saturated heterocycles. The van der Waals surface area contributed by atoms with Crippen LogP contribution in [0, 0.1) is 5.82 Å². The molecule has 17 heavy (non-hydrogen) atoms. The van der Waals surface area contributed by atoms with Crippen molar-refractivity contribution >= 4 is 11.4 Å². The number of nitrogens with zero attached hydrogens (tertiary/aromatic N) is 3. The third-order valence-corrected chi connectivity index (χ3v) is 2.56. The number of hydrogen-bond donors (Lipinski definition) is 1. The number of aromatic nitrogens is 2. The Labute approximate surface area is 99.5 Å². The van der Waals surface area contributed by atoms with E-state index in [-0.39, 0.29) is 5.82 Å². The van der Waals surface area contributed by atoms with Crippen LogP contribution in [0.3, 0.4) is 0 Å². The van der Waals surface area contributed by atoms with Gasteiger partial charge in [0.1, 0.15) is 5.82 Å². The van der Waals surface area contributed by atoms with Crippen LogP contribution in [0.1, 0.15) is 5.56 Å². The highest BCUT2D eigenvalue weighted by molar-refractivity contribution is 5.54. The van der Waals surface area contributed by atoms with Crippen molar-refractivity contribution < 1.29 is 4.39 Å². The first-order valence-electron chi connectivity index (χ1n) is 5.30. The maximum atomic E-state index is 13.7. The number of benzene rings is 1. The Kier molecular flexibility index (Phi) is 2.99. The Morgan fingerprint density at radius 3 is 2.82 bits per heavy atom. The fraction of sp³-hybridized carbons (Fsp3) is 0.250. The molecule has 2 aromatic rings. The molecule has 1 aromatic carbocycles. The van der Waals surface area contributed by atoms with Crippen LogP contribution in [-0.2, 0) is 13.6 Å². The highest BCUT2D eigenvalue weighted by Crippen LogP contribution is 2.21. The maximum Gasteiger partial charge on any atom is 0.148 e. The van der Waals surface area contributed by atoms with Crippen LogP contribution in [0.25, 0.3) is 0 Å². The lowest BCUT2D eigenvalue weighted by Gasteiger charge is -2.19. The van der Waals surface area contributed by atoms with E-state index in [9.17, 15) is 4.39 Å². The number of aryl methyl sites for hydroxylation is 1. The molecule has 0 aliphatic rings. The molecule has 90 valence electrons. The second-order valence-corrected chi connectivity index (χ2v) is 4.09. The van der Waals surface area contributed by atoms with Gasteiger partial charge in [0.25, 0.3) is 0 Å². The second-order valence-electron chi connectivity index (χ2n) is 4.09. The van der Waals surface area contributed by atoms with E-state index in [1.165, 1.54) is 6.07 Å². The monoisotopic (exact) mass is 234 g/mol. The van der Waals surface area contributed by atoms with Crippen LogP contribution < -0.4 is 10.6 Å². The van der Waals surface area contributed by atoms with Crippen LogP contribution >= 0.6 is 0 Å². The van der Waals surface area contributed by atoms with E-state index in [1.807, 2.05) is 25.2 Å². The first-order chi connectivity index (χ1) is 8.06. The maximum absolute atomic E-state index is 13.7. The van der Waals surface area contributed by atoms with E-state index in [0.29, 0.717) is 17.9 Å². The van der Waals surface area contributed by atoms with Gasteiger partial charge in [-0.25, -0.2) is 4.39 Å². The van der Waals surface area contributed by atoms with Gasteiger partial charge in [-0.15, -0.1) is 0 Å². The van der Waals surface area contributed by atoms with Crippen LogP contribution in [0.4, 0.5) is 15.8 Å². The summed E-state index contributed by atoms with van der Waals surface area (Å²) in [5.41, 5.74) is 7.51. The molecule has 0 spiro atoms. The molecule has 0 aliphatic carbocycles. The summed E-state index contributed by atoms with van der Waals surface area (Å²) in [5.74, 6) is -0.309. The lowest BCUT2D eigenvalue weighted by Crippen LogP contribution is -2.17. The quantitative estimate of drug-likeness (QED) is 0.823. The smallest absolute Gasteiger partial charge is 0.148 e. The van der Waals surface area contributed by atoms with E-state index in [0.717, 1.165) is 5.56 Å². The molecule has 0 atom stereocenters. The lowest BCUT2D eigenvalue weighted by atomic mass is 10.2. The van der Waals surface area contributed by atoms with Gasteiger partial charge in [-0.05, 0) is 18.2 Å². The van der Waals surface area contributed by atoms with Crippen molar-refractivity contribution in [2.75, 3.05) is 17.7 Å². The van der Waals surface area contributed by atoms with Crippen LogP contribution in [0.15, 0.2) is 30.6 Å². The van der Waals surface area contributed by atoms with Gasteiger partial charge in [-0.3, -0.25) is 4.68 Å². The van der Waals surface area contributed by atoms with Gasteiger partial charge in [0.15, 0.2) is 0 Å². The number of anilines is 2. The topological polar surface area (TPSA) is 47.1 Å². The average Bonchev–Trinajstić information content (AvgIpc) is 2.63. The van der Waals surface area contributed by atoms with Gasteiger partial charge in [0, 0.05) is 38.1 Å². The summed E-state index contributed by atoms with van der Waals surface area (Å²) in [6.45, 7) is 0.606. The standard InChI is InChI=1S/C12H15FN4/c1-16(7-9-6-15-17(2)8-9)12-4-3-10(14)5-11(12)13/h3-6,8H,7,14H2,1-2H3. The lowest BCUT2D eigenvalue weighted by molar-refractivity contribution is 0.623. The van der Waals surface area contributed by atoms with Gasteiger partial charge in [0.2, 0.25) is 0 Å². The number of hydrogen-bond acceptors (Lipinski definition) is 3. The van der Waals surface area contributed by atoms with E-state index in [1.54, 1.807) is 23.0 Å². The van der Waals surface area contributed by atoms with E-state index < -0.39 is 0 Å². The summed E-state index contributed by atoms with van der Waals surface area (Å²) in [6, 6.07) is 4.70. The van der Waals surface area contributed by atoms with Crippen LogP contribution in [-0.4, -0.2) is 16.8 Å². The van der Waals surface area contributed by atoms with Crippen molar-refractivity contribution in [2.24, 2.45) is 7.05 Å². The summed E-state index contributed by atoms with van der Waals surface area (Å²) in [4.78, 5) is 1.83. The SMILES string of the molecule is CN(Cc1cnn(C)c1)c1ccc(N)cc1F. The molecule has 0 amide bonds. The molecule has 2 rings (SSSR count). The number of halogens is 1. The van der Waals surface area contributed by atoms with Crippen molar-refractivity contribution in [2.45, 2.75) is 6.54 Å². The third-order valence-electron chi connectivity index (χ3n) is 2.56. The molecular weight excluding hydrogens is 219 g/mol. The van der Waals surface area contributed by atoms with Gasteiger partial charge >= 0.3 is 0 Å². The summed E-state index contributed by atoms with van der Waals surface area (Å²) < 4.78 is 15.4. The predicted molar refractivity (Wildman–Crippen MR) is 66.1 cm³/mol. The zero-order valence-electron chi connectivity index (χ0n) is 9.89. The Balaban J connectivity index is 2.17. The summed E-state index contributed by atoms with van der Waals surface area (Å²) in [5, 5.41) is 4.08. The molecule has 1 heterocycles. The summed E-state index contributed by atoms with van der Waals surface area (Å²) in [7, 11) is 3.69. The molecule has 4 nitrogen and oxygen atoms in total. The van der Waals surface area contributed by atoms with Gasteiger partial charge in [-0.1, -0.05) is 0 Å². The molecule has 0 aliphatic heterocycles. The minimum Gasteiger partial charge on any atom is -0.399 e. The fourth-order valence-corrected chi connectivity index (χ4v) is 1.75. The van der Waals surface area contributed by atoms with Gasteiger partial charge in [-0.2, -0.15) is 5.10 Å². The van der Waals surface area contributed by atoms with E-state index >= 15 is 0 Å². The Morgan fingerprint density at radius 2 is 2.24 bits per heavy atom. The minimum absolute atomic E-state index is 0.309. The van der Waals surface area contributed by atoms with Crippen molar-refractivity contribution in [1.82, 2.24) is 9.78 Å². The van der Waals surface area contributed by atoms with Crippen molar-refractivity contribution in [3.63, 3.8) is 0 Å². The van der Waals surface area contributed by atoms with Crippen molar-refractivity contribution in [3.05, 3.63) is 42.0 Å². The molecule has 0 fully saturated rings. The van der Waals surface area contributed by atoms with Gasteiger partial charge in [0.05, 0.1) is 11.9 Å². The van der Waals surface area contributed by atoms with E-state index in [4.69, 9.17) is 5.73 Å². The summed E-state index contributed by atoms with van der Waals surface area (Å²) in [6.07, 6.45) is 3.68. The Hall–Kier alpha value is -2.04. The van der Waals surface area contributed by atoms with Gasteiger partial charge < -0.3 is 10.6 Å². The van der Waals surface area contributed by atoms with Crippen LogP contribution in [0.2, 0.25) is 0 Å². The van der Waals surface area contributed by atoms with Crippen LogP contribution in [0.5, 0.6) is 0 Å². The Bertz CT molecular complexity index is 521. The van der Waals surface area contributed by atoms with E-state index in [2.05, 4.69) is 5.10 Å². The zero-order chi connectivity index (χ0) is 12.4. The largest absolute Gasteiger partial charge is 0.399 e. The highest BCUT2D eigenvalue weighted by atomic mass is 19.1. The zero-order valence-corrected chi connectivity index (χ0v) is 9.89. The first kappa shape index (κ1) is 11.4. The molecule has 0 unspecified atom stereocenters. The predicted octanol–water partition coefficient (Wildman–Crippen LogP) is 1.78. The molecule has 5 heteroatoms. The number of nitrogen functional groups attached to an aromatic ring is 1. The number of nitrogens with two attached hydrogens (primary N) is 1.